The Morgan fingerprint density at radius 3 is 2.14 bits per heavy atom. The maximum Gasteiger partial charge on any atom is 0.244 e. The Kier molecular flexibility index (Phi) is 8.02. The molecule has 0 bridgehead atoms. The van der Waals surface area contributed by atoms with Crippen LogP contribution in [0.4, 0.5) is 5.69 Å². The van der Waals surface area contributed by atoms with Crippen LogP contribution < -0.4 is 10.1 Å². The minimum atomic E-state index is -0.511. The van der Waals surface area contributed by atoms with Crippen LogP contribution >= 0.6 is 0 Å². The third-order valence-electron chi connectivity index (χ3n) is 4.63. The number of nitrogens with one attached hydrogen (secondary N) is 1. The Balaban J connectivity index is 2.13. The molecule has 0 saturated carbocycles. The molecule has 0 aliphatic rings. The van der Waals surface area contributed by atoms with Crippen molar-refractivity contribution in [3.63, 3.8) is 0 Å². The second-order valence-corrected chi connectivity index (χ2v) is 6.52. The molecule has 0 unspecified atom stereocenters. The summed E-state index contributed by atoms with van der Waals surface area (Å²) in [7, 11) is 3.39. The normalized spacial score (nSPS) is 11.8. The van der Waals surface area contributed by atoms with E-state index in [9.17, 15) is 9.59 Å². The van der Waals surface area contributed by atoms with Gasteiger partial charge in [0.2, 0.25) is 11.8 Å². The number of rotatable bonds is 9. The van der Waals surface area contributed by atoms with Crippen molar-refractivity contribution in [2.75, 3.05) is 39.1 Å². The summed E-state index contributed by atoms with van der Waals surface area (Å²) >= 11 is 0. The highest BCUT2D eigenvalue weighted by Crippen LogP contribution is 2.22. The number of hydrogen-bond donors (Lipinski definition) is 1. The number of carbonyl (C=O) groups is 2. The van der Waals surface area contributed by atoms with E-state index in [0.717, 1.165) is 11.3 Å². The molecule has 0 heterocycles. The number of benzene rings is 2. The van der Waals surface area contributed by atoms with Crippen LogP contribution in [-0.2, 0) is 9.59 Å². The summed E-state index contributed by atoms with van der Waals surface area (Å²) < 4.78 is 5.13. The smallest absolute Gasteiger partial charge is 0.244 e. The van der Waals surface area contributed by atoms with Gasteiger partial charge in [-0.2, -0.15) is 0 Å². The zero-order chi connectivity index (χ0) is 20.5. The first-order valence-corrected chi connectivity index (χ1v) is 9.48. The van der Waals surface area contributed by atoms with Gasteiger partial charge in [-0.25, -0.2) is 0 Å². The Hall–Kier alpha value is -2.86. The lowest BCUT2D eigenvalue weighted by atomic mass is 10.0. The summed E-state index contributed by atoms with van der Waals surface area (Å²) in [5.74, 6) is 0.543. The third-order valence-corrected chi connectivity index (χ3v) is 4.63. The lowest BCUT2D eigenvalue weighted by molar-refractivity contribution is -0.137. The second kappa shape index (κ2) is 10.5. The van der Waals surface area contributed by atoms with Crippen LogP contribution in [0.15, 0.2) is 54.6 Å². The summed E-state index contributed by atoms with van der Waals surface area (Å²) in [5, 5.41) is 2.87. The average molecular weight is 383 g/mol. The van der Waals surface area contributed by atoms with Gasteiger partial charge in [-0.1, -0.05) is 30.3 Å². The van der Waals surface area contributed by atoms with E-state index < -0.39 is 6.04 Å². The first-order valence-electron chi connectivity index (χ1n) is 9.48. The van der Waals surface area contributed by atoms with E-state index in [0.29, 0.717) is 18.8 Å². The molecule has 2 aromatic rings. The SMILES string of the molecule is CCN(CC)C(=O)[C@H](c1ccccc1)N(C)CC(=O)Nc1ccc(OC)cc1. The first kappa shape index (κ1) is 21.4. The Bertz CT molecular complexity index is 758. The van der Waals surface area contributed by atoms with Crippen LogP contribution in [0, 0.1) is 0 Å². The van der Waals surface area contributed by atoms with Crippen LogP contribution in [0.25, 0.3) is 0 Å². The van der Waals surface area contributed by atoms with Gasteiger partial charge in [-0.05, 0) is 50.7 Å². The summed E-state index contributed by atoms with van der Waals surface area (Å²) in [4.78, 5) is 29.2. The maximum atomic E-state index is 13.1. The molecule has 2 aromatic carbocycles. The Morgan fingerprint density at radius 1 is 1.00 bits per heavy atom. The van der Waals surface area contributed by atoms with Gasteiger partial charge in [0.1, 0.15) is 11.8 Å². The van der Waals surface area contributed by atoms with E-state index in [4.69, 9.17) is 4.74 Å². The molecule has 0 saturated heterocycles. The zero-order valence-electron chi connectivity index (χ0n) is 17.0. The van der Waals surface area contributed by atoms with E-state index in [-0.39, 0.29) is 18.4 Å². The fourth-order valence-electron chi connectivity index (χ4n) is 3.12. The molecular formula is C22H29N3O3. The van der Waals surface area contributed by atoms with Crippen molar-refractivity contribution in [3.05, 3.63) is 60.2 Å². The van der Waals surface area contributed by atoms with Gasteiger partial charge < -0.3 is 15.0 Å². The molecule has 1 atom stereocenters. The second-order valence-electron chi connectivity index (χ2n) is 6.52. The van der Waals surface area contributed by atoms with Crippen LogP contribution in [0.1, 0.15) is 25.5 Å². The van der Waals surface area contributed by atoms with Gasteiger partial charge in [-0.3, -0.25) is 14.5 Å². The fourth-order valence-corrected chi connectivity index (χ4v) is 3.12. The molecule has 0 spiro atoms. The standard InChI is InChI=1S/C22H29N3O3/c1-5-25(6-2)22(27)21(17-10-8-7-9-11-17)24(3)16-20(26)23-18-12-14-19(28-4)15-13-18/h7-15,21H,5-6,16H2,1-4H3,(H,23,26)/t21-/m0/s1. The first-order chi connectivity index (χ1) is 13.5. The summed E-state index contributed by atoms with van der Waals surface area (Å²) in [5.41, 5.74) is 1.56. The molecule has 0 aromatic heterocycles. The lowest BCUT2D eigenvalue weighted by Crippen LogP contribution is -2.44. The van der Waals surface area contributed by atoms with Crippen LogP contribution in [0.2, 0.25) is 0 Å². The maximum absolute atomic E-state index is 13.1. The minimum absolute atomic E-state index is 0.00375. The van der Waals surface area contributed by atoms with Gasteiger partial charge in [-0.15, -0.1) is 0 Å². The van der Waals surface area contributed by atoms with Crippen molar-refractivity contribution >= 4 is 17.5 Å². The van der Waals surface area contributed by atoms with Crippen LogP contribution in [0.5, 0.6) is 5.75 Å². The monoisotopic (exact) mass is 383 g/mol. The number of ether oxygens (including phenoxy) is 1. The molecule has 0 fully saturated rings. The van der Waals surface area contributed by atoms with Gasteiger partial charge in [0.25, 0.3) is 0 Å². The summed E-state index contributed by atoms with van der Waals surface area (Å²) in [6.07, 6.45) is 0. The van der Waals surface area contributed by atoms with Crippen molar-refractivity contribution in [2.45, 2.75) is 19.9 Å². The number of nitrogens with zero attached hydrogens (tertiary/aromatic N) is 2. The van der Waals surface area contributed by atoms with Gasteiger partial charge in [0.05, 0.1) is 13.7 Å². The molecule has 6 heteroatoms. The van der Waals surface area contributed by atoms with Gasteiger partial charge in [0, 0.05) is 18.8 Å². The number of methoxy groups -OCH3 is 1. The molecule has 2 amide bonds. The molecule has 1 N–H and O–H groups in total. The molecule has 28 heavy (non-hydrogen) atoms. The van der Waals surface area contributed by atoms with E-state index in [1.807, 2.05) is 44.2 Å². The molecule has 150 valence electrons. The lowest BCUT2D eigenvalue weighted by Gasteiger charge is -2.31. The number of likely N-dealkylation sites (N-methyl/N-ethyl adjacent to an activating group) is 2. The van der Waals surface area contributed by atoms with Crippen LogP contribution in [-0.4, -0.2) is 55.4 Å². The molecule has 6 nitrogen and oxygen atoms in total. The third kappa shape index (κ3) is 5.57. The Morgan fingerprint density at radius 2 is 1.61 bits per heavy atom. The highest BCUT2D eigenvalue weighted by molar-refractivity contribution is 5.93. The minimum Gasteiger partial charge on any atom is -0.497 e. The molecule has 0 aliphatic carbocycles. The van der Waals surface area contributed by atoms with E-state index >= 15 is 0 Å². The van der Waals surface area contributed by atoms with E-state index in [1.54, 1.807) is 48.2 Å². The summed E-state index contributed by atoms with van der Waals surface area (Å²) in [6, 6.07) is 16.2. The topological polar surface area (TPSA) is 61.9 Å². The van der Waals surface area contributed by atoms with Crippen LogP contribution in [0.3, 0.4) is 0 Å². The Labute approximate surface area is 167 Å². The highest BCUT2D eigenvalue weighted by atomic mass is 16.5. The number of anilines is 1. The molecular weight excluding hydrogens is 354 g/mol. The van der Waals surface area contributed by atoms with E-state index in [2.05, 4.69) is 5.32 Å². The number of carbonyl (C=O) groups excluding carboxylic acids is 2. The van der Waals surface area contributed by atoms with Crippen molar-refractivity contribution in [3.8, 4) is 5.75 Å². The van der Waals surface area contributed by atoms with Gasteiger partial charge in [0.15, 0.2) is 0 Å². The largest absolute Gasteiger partial charge is 0.497 e. The van der Waals surface area contributed by atoms with Crippen molar-refractivity contribution < 1.29 is 14.3 Å². The highest BCUT2D eigenvalue weighted by Gasteiger charge is 2.29. The molecule has 0 radical (unpaired) electrons. The molecule has 0 aliphatic heterocycles. The average Bonchev–Trinajstić information content (AvgIpc) is 2.70. The predicted molar refractivity (Wildman–Crippen MR) is 111 cm³/mol. The molecule has 2 rings (SSSR count). The van der Waals surface area contributed by atoms with Crippen molar-refractivity contribution in [2.24, 2.45) is 0 Å². The van der Waals surface area contributed by atoms with E-state index in [1.165, 1.54) is 0 Å². The number of amides is 2. The zero-order valence-corrected chi connectivity index (χ0v) is 17.0. The fraction of sp³-hybridized carbons (Fsp3) is 0.364. The number of hydrogen-bond acceptors (Lipinski definition) is 4. The summed E-state index contributed by atoms with van der Waals surface area (Å²) in [6.45, 7) is 5.27. The van der Waals surface area contributed by atoms with Crippen molar-refractivity contribution in [1.82, 2.24) is 9.80 Å². The van der Waals surface area contributed by atoms with Gasteiger partial charge >= 0.3 is 0 Å². The van der Waals surface area contributed by atoms with Crippen molar-refractivity contribution in [1.29, 1.82) is 0 Å². The quantitative estimate of drug-likeness (QED) is 0.722. The predicted octanol–water partition coefficient (Wildman–Crippen LogP) is 3.18.